The van der Waals surface area contributed by atoms with E-state index in [-0.39, 0.29) is 11.9 Å². The maximum absolute atomic E-state index is 13.1. The van der Waals surface area contributed by atoms with Gasteiger partial charge in [0.25, 0.3) is 0 Å². The predicted molar refractivity (Wildman–Crippen MR) is 84.6 cm³/mol. The Morgan fingerprint density at radius 2 is 2.09 bits per heavy atom. The normalized spacial score (nSPS) is 26.1. The van der Waals surface area contributed by atoms with E-state index in [1.807, 2.05) is 17.0 Å². The number of nitrogens with one attached hydrogen (secondary N) is 1. The van der Waals surface area contributed by atoms with Gasteiger partial charge < -0.3 is 19.5 Å². The van der Waals surface area contributed by atoms with Crippen LogP contribution in [0.15, 0.2) is 22.8 Å². The first kappa shape index (κ1) is 15.5. The van der Waals surface area contributed by atoms with E-state index in [0.717, 1.165) is 51.6 Å². The van der Waals surface area contributed by atoms with Crippen molar-refractivity contribution in [2.45, 2.75) is 19.0 Å². The molecule has 2 aliphatic heterocycles. The summed E-state index contributed by atoms with van der Waals surface area (Å²) in [7, 11) is 2.10. The second-order valence-electron chi connectivity index (χ2n) is 6.40. The van der Waals surface area contributed by atoms with Gasteiger partial charge in [0.1, 0.15) is 11.8 Å². The Morgan fingerprint density at radius 3 is 2.73 bits per heavy atom. The van der Waals surface area contributed by atoms with Gasteiger partial charge in [-0.1, -0.05) is 0 Å². The van der Waals surface area contributed by atoms with Gasteiger partial charge in [0, 0.05) is 51.9 Å². The Kier molecular flexibility index (Phi) is 4.81. The van der Waals surface area contributed by atoms with Crippen LogP contribution >= 0.6 is 0 Å². The number of rotatable bonds is 3. The van der Waals surface area contributed by atoms with Crippen molar-refractivity contribution in [1.82, 2.24) is 20.0 Å². The lowest BCUT2D eigenvalue weighted by Crippen LogP contribution is -2.55. The van der Waals surface area contributed by atoms with Gasteiger partial charge in [0.2, 0.25) is 5.91 Å². The summed E-state index contributed by atoms with van der Waals surface area (Å²) >= 11 is 0. The van der Waals surface area contributed by atoms with Crippen LogP contribution in [0.3, 0.4) is 0 Å². The monoisotopic (exact) mass is 306 g/mol. The van der Waals surface area contributed by atoms with Crippen LogP contribution in [0.4, 0.5) is 0 Å². The molecule has 2 unspecified atom stereocenters. The molecule has 1 aromatic rings. The third-order valence-electron chi connectivity index (χ3n) is 4.63. The number of hydrogen-bond acceptors (Lipinski definition) is 5. The Morgan fingerprint density at radius 1 is 1.32 bits per heavy atom. The molecular weight excluding hydrogens is 280 g/mol. The van der Waals surface area contributed by atoms with E-state index in [9.17, 15) is 4.79 Å². The van der Waals surface area contributed by atoms with Gasteiger partial charge >= 0.3 is 0 Å². The van der Waals surface area contributed by atoms with Crippen molar-refractivity contribution < 1.29 is 9.21 Å². The fraction of sp³-hybridized carbons (Fsp3) is 0.688. The molecule has 3 rings (SSSR count). The van der Waals surface area contributed by atoms with Gasteiger partial charge in [-0.25, -0.2) is 0 Å². The summed E-state index contributed by atoms with van der Waals surface area (Å²) in [5, 5.41) is 3.43. The molecule has 6 nitrogen and oxygen atoms in total. The van der Waals surface area contributed by atoms with Gasteiger partial charge in [0.15, 0.2) is 0 Å². The molecule has 22 heavy (non-hydrogen) atoms. The minimum atomic E-state index is -0.289. The quantitative estimate of drug-likeness (QED) is 0.875. The van der Waals surface area contributed by atoms with Gasteiger partial charge in [-0.05, 0) is 26.1 Å². The van der Waals surface area contributed by atoms with Crippen molar-refractivity contribution in [3.63, 3.8) is 0 Å². The summed E-state index contributed by atoms with van der Waals surface area (Å²) < 4.78 is 5.60. The van der Waals surface area contributed by atoms with E-state index < -0.39 is 0 Å². The lowest BCUT2D eigenvalue weighted by molar-refractivity contribution is -0.140. The van der Waals surface area contributed by atoms with Crippen LogP contribution in [-0.4, -0.2) is 79.5 Å². The summed E-state index contributed by atoms with van der Waals surface area (Å²) in [4.78, 5) is 19.6. The highest BCUT2D eigenvalue weighted by Gasteiger charge is 2.35. The molecule has 0 spiro atoms. The molecule has 0 aromatic carbocycles. The van der Waals surface area contributed by atoms with Crippen molar-refractivity contribution in [1.29, 1.82) is 0 Å². The number of furan rings is 1. The summed E-state index contributed by atoms with van der Waals surface area (Å²) in [6.45, 7) is 8.28. The second kappa shape index (κ2) is 6.81. The van der Waals surface area contributed by atoms with Crippen LogP contribution < -0.4 is 5.32 Å². The zero-order chi connectivity index (χ0) is 15.5. The zero-order valence-electron chi connectivity index (χ0n) is 13.5. The molecule has 1 aromatic heterocycles. The molecular formula is C16H26N4O2. The Hall–Kier alpha value is -1.37. The Bertz CT molecular complexity index is 482. The maximum Gasteiger partial charge on any atom is 0.247 e. The van der Waals surface area contributed by atoms with E-state index in [4.69, 9.17) is 4.42 Å². The van der Waals surface area contributed by atoms with Gasteiger partial charge in [-0.2, -0.15) is 0 Å². The van der Waals surface area contributed by atoms with Crippen LogP contribution in [-0.2, 0) is 4.79 Å². The highest BCUT2D eigenvalue weighted by atomic mass is 16.3. The first-order valence-electron chi connectivity index (χ1n) is 8.13. The number of nitrogens with zero attached hydrogens (tertiary/aromatic N) is 3. The number of carbonyl (C=O) groups is 1. The summed E-state index contributed by atoms with van der Waals surface area (Å²) in [5.74, 6) is 0.940. The van der Waals surface area contributed by atoms with Crippen LogP contribution in [0.1, 0.15) is 18.7 Å². The highest BCUT2D eigenvalue weighted by molar-refractivity contribution is 5.82. The third-order valence-corrected chi connectivity index (χ3v) is 4.63. The van der Waals surface area contributed by atoms with Crippen molar-refractivity contribution >= 4 is 5.91 Å². The number of likely N-dealkylation sites (N-methyl/N-ethyl adjacent to an activating group) is 1. The summed E-state index contributed by atoms with van der Waals surface area (Å²) in [5.41, 5.74) is 0. The average Bonchev–Trinajstić information content (AvgIpc) is 3.02. The third kappa shape index (κ3) is 3.34. The fourth-order valence-electron chi connectivity index (χ4n) is 3.30. The number of hydrogen-bond donors (Lipinski definition) is 1. The lowest BCUT2D eigenvalue weighted by Gasteiger charge is -2.40. The molecule has 122 valence electrons. The van der Waals surface area contributed by atoms with Crippen LogP contribution in [0, 0.1) is 0 Å². The van der Waals surface area contributed by atoms with Crippen molar-refractivity contribution in [2.75, 3.05) is 52.9 Å². The highest BCUT2D eigenvalue weighted by Crippen LogP contribution is 2.25. The first-order valence-corrected chi connectivity index (χ1v) is 8.13. The van der Waals surface area contributed by atoms with E-state index in [2.05, 4.69) is 29.1 Å². The van der Waals surface area contributed by atoms with Crippen molar-refractivity contribution in [3.05, 3.63) is 24.2 Å². The van der Waals surface area contributed by atoms with Gasteiger partial charge in [-0.3, -0.25) is 9.69 Å². The first-order chi connectivity index (χ1) is 10.6. The van der Waals surface area contributed by atoms with Crippen LogP contribution in [0.2, 0.25) is 0 Å². The standard InChI is InChI=1S/C16H26N4O2/c1-13-12-20(6-5-17-13)15(14-4-3-11-22-14)16(21)19-9-7-18(2)8-10-19/h3-4,11,13,15,17H,5-10,12H2,1-2H3. The molecule has 3 heterocycles. The molecule has 2 fully saturated rings. The van der Waals surface area contributed by atoms with Gasteiger partial charge in [-0.15, -0.1) is 0 Å². The Labute approximate surface area is 132 Å². The van der Waals surface area contributed by atoms with Crippen LogP contribution in [0.5, 0.6) is 0 Å². The molecule has 2 aliphatic rings. The molecule has 0 bridgehead atoms. The fourth-order valence-corrected chi connectivity index (χ4v) is 3.30. The van der Waals surface area contributed by atoms with Crippen molar-refractivity contribution in [3.8, 4) is 0 Å². The van der Waals surface area contributed by atoms with Crippen molar-refractivity contribution in [2.24, 2.45) is 0 Å². The molecule has 0 saturated carbocycles. The Balaban J connectivity index is 1.77. The van der Waals surface area contributed by atoms with E-state index in [1.165, 1.54) is 0 Å². The van der Waals surface area contributed by atoms with E-state index >= 15 is 0 Å². The SMILES string of the molecule is CC1CN(C(C(=O)N2CCN(C)CC2)c2ccco2)CCN1. The number of piperazine rings is 2. The second-order valence-corrected chi connectivity index (χ2v) is 6.40. The molecule has 1 amide bonds. The zero-order valence-corrected chi connectivity index (χ0v) is 13.5. The van der Waals surface area contributed by atoms with Gasteiger partial charge in [0.05, 0.1) is 6.26 Å². The molecule has 6 heteroatoms. The minimum Gasteiger partial charge on any atom is -0.467 e. The molecule has 0 aliphatic carbocycles. The number of amides is 1. The molecule has 2 saturated heterocycles. The lowest BCUT2D eigenvalue weighted by atomic mass is 10.1. The smallest absolute Gasteiger partial charge is 0.247 e. The topological polar surface area (TPSA) is 52.0 Å². The average molecular weight is 306 g/mol. The molecule has 0 radical (unpaired) electrons. The maximum atomic E-state index is 13.1. The van der Waals surface area contributed by atoms with E-state index in [1.54, 1.807) is 6.26 Å². The predicted octanol–water partition coefficient (Wildman–Crippen LogP) is 0.388. The summed E-state index contributed by atoms with van der Waals surface area (Å²) in [6, 6.07) is 3.89. The van der Waals surface area contributed by atoms with E-state index in [0.29, 0.717) is 6.04 Å². The molecule has 1 N–H and O–H groups in total. The van der Waals surface area contributed by atoms with Crippen LogP contribution in [0.25, 0.3) is 0 Å². The number of carbonyl (C=O) groups excluding carboxylic acids is 1. The largest absolute Gasteiger partial charge is 0.467 e. The summed E-state index contributed by atoms with van der Waals surface area (Å²) in [6.07, 6.45) is 1.66. The minimum absolute atomic E-state index is 0.178. The molecule has 2 atom stereocenters.